The monoisotopic (exact) mass is 305 g/mol. The van der Waals surface area contributed by atoms with E-state index in [1.165, 1.54) is 17.5 Å². The SMILES string of the molecule is CCNC1c2ccccc2C(C)CC1Sc1nncs1. The highest BCUT2D eigenvalue weighted by Gasteiger charge is 2.33. The largest absolute Gasteiger partial charge is 0.309 e. The van der Waals surface area contributed by atoms with E-state index in [0.717, 1.165) is 10.9 Å². The molecule has 1 N–H and O–H groups in total. The normalized spacial score (nSPS) is 25.4. The van der Waals surface area contributed by atoms with Crippen LogP contribution in [0.25, 0.3) is 0 Å². The van der Waals surface area contributed by atoms with Gasteiger partial charge in [-0.05, 0) is 30.0 Å². The van der Waals surface area contributed by atoms with Crippen molar-refractivity contribution in [2.75, 3.05) is 6.54 Å². The summed E-state index contributed by atoms with van der Waals surface area (Å²) in [4.78, 5) is 0. The topological polar surface area (TPSA) is 37.8 Å². The van der Waals surface area contributed by atoms with Gasteiger partial charge in [-0.3, -0.25) is 0 Å². The number of nitrogens with zero attached hydrogens (tertiary/aromatic N) is 2. The van der Waals surface area contributed by atoms with E-state index in [0.29, 0.717) is 17.2 Å². The maximum atomic E-state index is 4.19. The van der Waals surface area contributed by atoms with Crippen LogP contribution in [-0.2, 0) is 0 Å². The van der Waals surface area contributed by atoms with Crippen molar-refractivity contribution in [3.8, 4) is 0 Å². The lowest BCUT2D eigenvalue weighted by molar-refractivity contribution is 0.453. The molecule has 1 aliphatic carbocycles. The molecule has 0 saturated heterocycles. The molecular weight excluding hydrogens is 286 g/mol. The van der Waals surface area contributed by atoms with E-state index in [1.807, 2.05) is 17.3 Å². The Kier molecular flexibility index (Phi) is 4.38. The fraction of sp³-hybridized carbons (Fsp3) is 0.467. The molecule has 3 unspecified atom stereocenters. The van der Waals surface area contributed by atoms with Crippen molar-refractivity contribution in [2.24, 2.45) is 0 Å². The summed E-state index contributed by atoms with van der Waals surface area (Å²) in [5.41, 5.74) is 4.76. The number of fused-ring (bicyclic) bond motifs is 1. The summed E-state index contributed by atoms with van der Waals surface area (Å²) in [5, 5.41) is 12.3. The number of hydrogen-bond acceptors (Lipinski definition) is 5. The maximum absolute atomic E-state index is 4.19. The third-order valence-electron chi connectivity index (χ3n) is 3.84. The highest BCUT2D eigenvalue weighted by molar-refractivity contribution is 8.01. The van der Waals surface area contributed by atoms with Crippen molar-refractivity contribution in [3.63, 3.8) is 0 Å². The van der Waals surface area contributed by atoms with Crippen LogP contribution in [0, 0.1) is 0 Å². The lowest BCUT2D eigenvalue weighted by Crippen LogP contribution is -2.35. The minimum atomic E-state index is 0.404. The van der Waals surface area contributed by atoms with Gasteiger partial charge in [0, 0.05) is 11.3 Å². The molecular formula is C15H19N3S2. The molecule has 0 bridgehead atoms. The summed E-state index contributed by atoms with van der Waals surface area (Å²) in [6.07, 6.45) is 1.18. The van der Waals surface area contributed by atoms with E-state index in [9.17, 15) is 0 Å². The van der Waals surface area contributed by atoms with E-state index < -0.39 is 0 Å². The second kappa shape index (κ2) is 6.24. The number of aromatic nitrogens is 2. The van der Waals surface area contributed by atoms with Crippen LogP contribution >= 0.6 is 23.1 Å². The van der Waals surface area contributed by atoms with Crippen LogP contribution in [-0.4, -0.2) is 22.0 Å². The summed E-state index contributed by atoms with van der Waals surface area (Å²) in [7, 11) is 0. The molecule has 1 aromatic heterocycles. The molecule has 0 amide bonds. The van der Waals surface area contributed by atoms with Gasteiger partial charge in [0.05, 0.1) is 0 Å². The molecule has 20 heavy (non-hydrogen) atoms. The number of thioether (sulfide) groups is 1. The Bertz CT molecular complexity index is 556. The summed E-state index contributed by atoms with van der Waals surface area (Å²) in [5.74, 6) is 0.603. The van der Waals surface area contributed by atoms with Gasteiger partial charge in [0.15, 0.2) is 4.34 Å². The lowest BCUT2D eigenvalue weighted by atomic mass is 9.80. The molecule has 3 rings (SSSR count). The van der Waals surface area contributed by atoms with Crippen molar-refractivity contribution in [2.45, 2.75) is 41.8 Å². The van der Waals surface area contributed by atoms with Gasteiger partial charge in [0.2, 0.25) is 0 Å². The number of benzene rings is 1. The van der Waals surface area contributed by atoms with Crippen LogP contribution < -0.4 is 5.32 Å². The van der Waals surface area contributed by atoms with Gasteiger partial charge in [0.25, 0.3) is 0 Å². The first kappa shape index (κ1) is 14.0. The zero-order chi connectivity index (χ0) is 13.9. The Hall–Kier alpha value is -0.910. The van der Waals surface area contributed by atoms with Gasteiger partial charge in [0.1, 0.15) is 5.51 Å². The predicted octanol–water partition coefficient (Wildman–Crippen LogP) is 3.86. The number of rotatable bonds is 4. The zero-order valence-electron chi connectivity index (χ0n) is 11.7. The molecule has 1 aliphatic rings. The summed E-state index contributed by atoms with van der Waals surface area (Å²) >= 11 is 3.50. The zero-order valence-corrected chi connectivity index (χ0v) is 13.4. The van der Waals surface area contributed by atoms with Gasteiger partial charge < -0.3 is 5.32 Å². The molecule has 0 fully saturated rings. The second-order valence-electron chi connectivity index (χ2n) is 5.16. The molecule has 0 aliphatic heterocycles. The Morgan fingerprint density at radius 1 is 1.35 bits per heavy atom. The molecule has 0 saturated carbocycles. The molecule has 1 aromatic carbocycles. The number of hydrogen-bond donors (Lipinski definition) is 1. The second-order valence-corrected chi connectivity index (χ2v) is 7.48. The molecule has 0 radical (unpaired) electrons. The van der Waals surface area contributed by atoms with E-state index in [4.69, 9.17) is 0 Å². The Morgan fingerprint density at radius 3 is 2.85 bits per heavy atom. The van der Waals surface area contributed by atoms with Gasteiger partial charge in [-0.25, -0.2) is 0 Å². The molecule has 1 heterocycles. The Balaban J connectivity index is 1.90. The molecule has 3 nitrogen and oxygen atoms in total. The fourth-order valence-corrected chi connectivity index (χ4v) is 5.09. The van der Waals surface area contributed by atoms with Crippen LogP contribution in [0.2, 0.25) is 0 Å². The van der Waals surface area contributed by atoms with E-state index in [1.54, 1.807) is 11.3 Å². The first-order valence-corrected chi connectivity index (χ1v) is 8.80. The van der Waals surface area contributed by atoms with Crippen molar-refractivity contribution in [3.05, 3.63) is 40.9 Å². The van der Waals surface area contributed by atoms with Crippen molar-refractivity contribution >= 4 is 23.1 Å². The van der Waals surface area contributed by atoms with Crippen LogP contribution in [0.3, 0.4) is 0 Å². The standard InChI is InChI=1S/C15H19N3S2/c1-3-16-14-12-7-5-4-6-11(12)10(2)8-13(14)20-15-18-17-9-19-15/h4-7,9-10,13-14,16H,3,8H2,1-2H3. The molecule has 106 valence electrons. The molecule has 2 aromatic rings. The van der Waals surface area contributed by atoms with Gasteiger partial charge in [-0.1, -0.05) is 61.2 Å². The Morgan fingerprint density at radius 2 is 2.15 bits per heavy atom. The van der Waals surface area contributed by atoms with Crippen LogP contribution in [0.5, 0.6) is 0 Å². The lowest BCUT2D eigenvalue weighted by Gasteiger charge is -2.36. The minimum absolute atomic E-state index is 0.404. The summed E-state index contributed by atoms with van der Waals surface area (Å²) in [6, 6.07) is 9.24. The number of nitrogens with one attached hydrogen (secondary N) is 1. The Labute approximate surface area is 128 Å². The maximum Gasteiger partial charge on any atom is 0.174 e. The van der Waals surface area contributed by atoms with E-state index in [-0.39, 0.29) is 0 Å². The third-order valence-corrected chi connectivity index (χ3v) is 5.95. The molecule has 5 heteroatoms. The molecule has 3 atom stereocenters. The van der Waals surface area contributed by atoms with Gasteiger partial charge in [-0.2, -0.15) is 0 Å². The quantitative estimate of drug-likeness (QED) is 0.931. The smallest absolute Gasteiger partial charge is 0.174 e. The van der Waals surface area contributed by atoms with Crippen molar-refractivity contribution < 1.29 is 0 Å². The van der Waals surface area contributed by atoms with Crippen molar-refractivity contribution in [1.82, 2.24) is 15.5 Å². The van der Waals surface area contributed by atoms with E-state index >= 15 is 0 Å². The van der Waals surface area contributed by atoms with Gasteiger partial charge >= 0.3 is 0 Å². The van der Waals surface area contributed by atoms with E-state index in [2.05, 4.69) is 53.6 Å². The fourth-order valence-electron chi connectivity index (χ4n) is 2.98. The summed E-state index contributed by atoms with van der Waals surface area (Å²) in [6.45, 7) is 5.49. The van der Waals surface area contributed by atoms with Crippen LogP contribution in [0.1, 0.15) is 43.4 Å². The predicted molar refractivity (Wildman–Crippen MR) is 85.4 cm³/mol. The minimum Gasteiger partial charge on any atom is -0.309 e. The van der Waals surface area contributed by atoms with Crippen LogP contribution in [0.15, 0.2) is 34.1 Å². The highest BCUT2D eigenvalue weighted by Crippen LogP contribution is 2.44. The average molecular weight is 305 g/mol. The average Bonchev–Trinajstić information content (AvgIpc) is 2.96. The third kappa shape index (κ3) is 2.75. The summed E-state index contributed by atoms with van der Waals surface area (Å²) < 4.78 is 1.07. The highest BCUT2D eigenvalue weighted by atomic mass is 32.2. The molecule has 0 spiro atoms. The first-order chi connectivity index (χ1) is 9.79. The van der Waals surface area contributed by atoms with Crippen LogP contribution in [0.4, 0.5) is 0 Å². The van der Waals surface area contributed by atoms with Gasteiger partial charge in [-0.15, -0.1) is 10.2 Å². The van der Waals surface area contributed by atoms with Crippen molar-refractivity contribution in [1.29, 1.82) is 0 Å². The first-order valence-electron chi connectivity index (χ1n) is 7.04.